The number of aliphatic hydroxyl groups is 1. The Morgan fingerprint density at radius 2 is 2.13 bits per heavy atom. The quantitative estimate of drug-likeness (QED) is 0.785. The van der Waals surface area contributed by atoms with E-state index in [1.165, 1.54) is 6.20 Å². The van der Waals surface area contributed by atoms with Gasteiger partial charge < -0.3 is 15.7 Å². The van der Waals surface area contributed by atoms with Crippen molar-refractivity contribution < 1.29 is 9.90 Å². The summed E-state index contributed by atoms with van der Waals surface area (Å²) in [5.74, 6) is 0.0331. The summed E-state index contributed by atoms with van der Waals surface area (Å²) < 4.78 is 1.59. The average Bonchev–Trinajstić information content (AvgIpc) is 2.94. The second-order valence-corrected chi connectivity index (χ2v) is 6.35. The Morgan fingerprint density at radius 1 is 1.43 bits per heavy atom. The Balaban J connectivity index is 1.97. The Hall–Kier alpha value is -2.05. The monoisotopic (exact) mass is 336 g/mol. The molecule has 0 saturated carbocycles. The molecule has 1 atom stereocenters. The van der Waals surface area contributed by atoms with Gasteiger partial charge in [0.25, 0.3) is 0 Å². The molecule has 0 bridgehead atoms. The van der Waals surface area contributed by atoms with Crippen LogP contribution in [-0.4, -0.2) is 33.1 Å². The number of anilines is 1. The number of aromatic nitrogens is 2. The molecular weight excluding hydrogens is 316 g/mol. The van der Waals surface area contributed by atoms with E-state index >= 15 is 0 Å². The minimum absolute atomic E-state index is 0.0331. The molecule has 0 radical (unpaired) electrons. The first kappa shape index (κ1) is 17.3. The molecule has 1 unspecified atom stereocenters. The molecule has 0 aliphatic rings. The number of nitrogens with one attached hydrogen (secondary N) is 2. The van der Waals surface area contributed by atoms with Gasteiger partial charge >= 0.3 is 6.03 Å². The van der Waals surface area contributed by atoms with Crippen molar-refractivity contribution in [1.29, 1.82) is 0 Å². The van der Waals surface area contributed by atoms with Gasteiger partial charge in [0.05, 0.1) is 34.4 Å². The number of para-hydroxylation sites is 1. The minimum Gasteiger partial charge on any atom is -0.388 e. The maximum absolute atomic E-state index is 11.9. The Bertz CT molecular complexity index is 682. The number of halogens is 1. The molecule has 6 nitrogen and oxygen atoms in total. The number of hydrogen-bond donors (Lipinski definition) is 3. The SMILES string of the molecule is CC(C)C(C)(O)CNC(=O)Nc1cnn(-c2ccccc2Cl)c1. The third kappa shape index (κ3) is 4.46. The topological polar surface area (TPSA) is 79.2 Å². The highest BCUT2D eigenvalue weighted by Crippen LogP contribution is 2.20. The van der Waals surface area contributed by atoms with Gasteiger partial charge in [-0.05, 0) is 25.0 Å². The predicted molar refractivity (Wildman–Crippen MR) is 91.1 cm³/mol. The molecule has 0 fully saturated rings. The number of rotatable bonds is 5. The lowest BCUT2D eigenvalue weighted by molar-refractivity contribution is 0.0170. The van der Waals surface area contributed by atoms with Crippen molar-refractivity contribution in [3.05, 3.63) is 41.7 Å². The summed E-state index contributed by atoms with van der Waals surface area (Å²) in [6.45, 7) is 5.64. The lowest BCUT2D eigenvalue weighted by atomic mass is 9.93. The van der Waals surface area contributed by atoms with E-state index in [0.717, 1.165) is 5.69 Å². The number of amides is 2. The molecule has 0 spiro atoms. The molecule has 2 rings (SSSR count). The molecule has 2 aromatic rings. The second kappa shape index (κ2) is 7.02. The van der Waals surface area contributed by atoms with Gasteiger partial charge in [-0.3, -0.25) is 0 Å². The summed E-state index contributed by atoms with van der Waals surface area (Å²) in [5, 5.41) is 20.2. The molecular formula is C16H21ClN4O2. The van der Waals surface area contributed by atoms with Gasteiger partial charge in [-0.25, -0.2) is 9.48 Å². The van der Waals surface area contributed by atoms with E-state index in [1.807, 2.05) is 32.0 Å². The van der Waals surface area contributed by atoms with Crippen molar-refractivity contribution in [2.45, 2.75) is 26.4 Å². The van der Waals surface area contributed by atoms with E-state index in [2.05, 4.69) is 15.7 Å². The lowest BCUT2D eigenvalue weighted by Gasteiger charge is -2.27. The maximum atomic E-state index is 11.9. The molecule has 0 saturated heterocycles. The van der Waals surface area contributed by atoms with Crippen LogP contribution in [0.25, 0.3) is 5.69 Å². The van der Waals surface area contributed by atoms with Crippen LogP contribution in [0.4, 0.5) is 10.5 Å². The molecule has 0 aliphatic heterocycles. The second-order valence-electron chi connectivity index (χ2n) is 5.94. The zero-order valence-corrected chi connectivity index (χ0v) is 14.1. The summed E-state index contributed by atoms with van der Waals surface area (Å²) >= 11 is 6.11. The van der Waals surface area contributed by atoms with E-state index in [-0.39, 0.29) is 12.5 Å². The van der Waals surface area contributed by atoms with Crippen molar-refractivity contribution in [1.82, 2.24) is 15.1 Å². The van der Waals surface area contributed by atoms with Gasteiger partial charge in [0.2, 0.25) is 0 Å². The number of nitrogens with zero attached hydrogens (tertiary/aromatic N) is 2. The van der Waals surface area contributed by atoms with Crippen LogP contribution in [0, 0.1) is 5.92 Å². The van der Waals surface area contributed by atoms with Crippen LogP contribution in [0.2, 0.25) is 5.02 Å². The first-order chi connectivity index (χ1) is 10.8. The van der Waals surface area contributed by atoms with Gasteiger partial charge in [-0.15, -0.1) is 0 Å². The minimum atomic E-state index is -0.959. The smallest absolute Gasteiger partial charge is 0.319 e. The van der Waals surface area contributed by atoms with Gasteiger partial charge in [0.1, 0.15) is 0 Å². The molecule has 1 aromatic heterocycles. The third-order valence-corrected chi connectivity index (χ3v) is 4.11. The van der Waals surface area contributed by atoms with Crippen molar-refractivity contribution in [2.24, 2.45) is 5.92 Å². The van der Waals surface area contributed by atoms with Crippen molar-refractivity contribution >= 4 is 23.3 Å². The standard InChI is InChI=1S/C16H21ClN4O2/c1-11(2)16(3,23)10-18-15(22)20-12-8-19-21(9-12)14-7-5-4-6-13(14)17/h4-9,11,23H,10H2,1-3H3,(H2,18,20,22). The lowest BCUT2D eigenvalue weighted by Crippen LogP contribution is -2.45. The summed E-state index contributed by atoms with van der Waals surface area (Å²) in [4.78, 5) is 11.9. The number of urea groups is 1. The molecule has 124 valence electrons. The van der Waals surface area contributed by atoms with E-state index < -0.39 is 11.6 Å². The fourth-order valence-electron chi connectivity index (χ4n) is 1.80. The van der Waals surface area contributed by atoms with E-state index in [4.69, 9.17) is 11.6 Å². The van der Waals surface area contributed by atoms with Crippen LogP contribution in [0.1, 0.15) is 20.8 Å². The maximum Gasteiger partial charge on any atom is 0.319 e. The van der Waals surface area contributed by atoms with E-state index in [1.54, 1.807) is 23.9 Å². The number of benzene rings is 1. The van der Waals surface area contributed by atoms with Crippen LogP contribution >= 0.6 is 11.6 Å². The van der Waals surface area contributed by atoms with Crippen LogP contribution < -0.4 is 10.6 Å². The summed E-state index contributed by atoms with van der Waals surface area (Å²) in [6.07, 6.45) is 3.20. The molecule has 3 N–H and O–H groups in total. The van der Waals surface area contributed by atoms with Crippen LogP contribution in [0.3, 0.4) is 0 Å². The van der Waals surface area contributed by atoms with Gasteiger partial charge in [0.15, 0.2) is 0 Å². The number of hydrogen-bond acceptors (Lipinski definition) is 3. The number of carbonyl (C=O) groups is 1. The first-order valence-electron chi connectivity index (χ1n) is 7.36. The molecule has 1 aromatic carbocycles. The molecule has 2 amide bonds. The fourth-order valence-corrected chi connectivity index (χ4v) is 2.02. The van der Waals surface area contributed by atoms with E-state index in [9.17, 15) is 9.90 Å². The Kier molecular flexibility index (Phi) is 5.28. The highest BCUT2D eigenvalue weighted by atomic mass is 35.5. The van der Waals surface area contributed by atoms with Gasteiger partial charge in [-0.2, -0.15) is 5.10 Å². The highest BCUT2D eigenvalue weighted by molar-refractivity contribution is 6.32. The van der Waals surface area contributed by atoms with Crippen LogP contribution in [-0.2, 0) is 0 Å². The normalized spacial score (nSPS) is 13.7. The molecule has 1 heterocycles. The zero-order chi connectivity index (χ0) is 17.0. The number of carbonyl (C=O) groups excluding carboxylic acids is 1. The molecule has 23 heavy (non-hydrogen) atoms. The zero-order valence-electron chi connectivity index (χ0n) is 13.4. The van der Waals surface area contributed by atoms with Gasteiger partial charge in [0, 0.05) is 6.54 Å². The average molecular weight is 337 g/mol. The highest BCUT2D eigenvalue weighted by Gasteiger charge is 2.25. The van der Waals surface area contributed by atoms with Crippen molar-refractivity contribution in [2.75, 3.05) is 11.9 Å². The Morgan fingerprint density at radius 3 is 2.78 bits per heavy atom. The third-order valence-electron chi connectivity index (χ3n) is 3.79. The summed E-state index contributed by atoms with van der Waals surface area (Å²) in [7, 11) is 0. The summed E-state index contributed by atoms with van der Waals surface area (Å²) in [6, 6.07) is 6.90. The van der Waals surface area contributed by atoms with Crippen molar-refractivity contribution in [3.8, 4) is 5.69 Å². The fraction of sp³-hybridized carbons (Fsp3) is 0.375. The Labute approximate surface area is 140 Å². The van der Waals surface area contributed by atoms with Crippen molar-refractivity contribution in [3.63, 3.8) is 0 Å². The largest absolute Gasteiger partial charge is 0.388 e. The van der Waals surface area contributed by atoms with Crippen LogP contribution in [0.5, 0.6) is 0 Å². The molecule has 0 aliphatic carbocycles. The predicted octanol–water partition coefficient (Wildman–Crippen LogP) is 3.05. The van der Waals surface area contributed by atoms with E-state index in [0.29, 0.717) is 10.7 Å². The first-order valence-corrected chi connectivity index (χ1v) is 7.74. The molecule has 7 heteroatoms. The summed E-state index contributed by atoms with van der Waals surface area (Å²) in [5.41, 5.74) is 0.302. The van der Waals surface area contributed by atoms with Gasteiger partial charge in [-0.1, -0.05) is 37.6 Å². The van der Waals surface area contributed by atoms with Crippen LogP contribution in [0.15, 0.2) is 36.7 Å².